The smallest absolute Gasteiger partial charge is 0.207 e. The fourth-order valence-corrected chi connectivity index (χ4v) is 3.28. The summed E-state index contributed by atoms with van der Waals surface area (Å²) in [5.74, 6) is 0.909. The van der Waals surface area contributed by atoms with Gasteiger partial charge in [0.05, 0.1) is 5.71 Å². The van der Waals surface area contributed by atoms with Gasteiger partial charge in [0.2, 0.25) is 5.16 Å². The van der Waals surface area contributed by atoms with Crippen molar-refractivity contribution in [1.82, 2.24) is 14.9 Å². The monoisotopic (exact) mass is 344 g/mol. The Morgan fingerprint density at radius 1 is 1.04 bits per heavy atom. The van der Waals surface area contributed by atoms with Gasteiger partial charge in [0.15, 0.2) is 5.82 Å². The fourth-order valence-electron chi connectivity index (χ4n) is 2.32. The summed E-state index contributed by atoms with van der Waals surface area (Å²) in [6.45, 7) is 0. The predicted octanol–water partition coefficient (Wildman–Crippen LogP) is 4.10. The van der Waals surface area contributed by atoms with Gasteiger partial charge in [-0.25, -0.2) is 4.39 Å². The molecule has 0 unspecified atom stereocenters. The van der Waals surface area contributed by atoms with E-state index in [0.29, 0.717) is 27.3 Å². The third kappa shape index (κ3) is 2.75. The first kappa shape index (κ1) is 14.4. The van der Waals surface area contributed by atoms with Crippen molar-refractivity contribution in [3.8, 4) is 11.4 Å². The van der Waals surface area contributed by atoms with Gasteiger partial charge in [0.25, 0.3) is 0 Å². The summed E-state index contributed by atoms with van der Waals surface area (Å²) >= 11 is 7.48. The molecule has 0 spiro atoms. The van der Waals surface area contributed by atoms with E-state index in [1.54, 1.807) is 28.6 Å². The highest BCUT2D eigenvalue weighted by atomic mass is 35.5. The van der Waals surface area contributed by atoms with E-state index in [9.17, 15) is 4.39 Å². The van der Waals surface area contributed by atoms with Crippen LogP contribution in [-0.4, -0.2) is 26.3 Å². The molecule has 1 aliphatic rings. The summed E-state index contributed by atoms with van der Waals surface area (Å²) in [6, 6.07) is 13.8. The number of hydrogen-bond acceptors (Lipinski definition) is 4. The summed E-state index contributed by atoms with van der Waals surface area (Å²) in [5, 5.41) is 14.3. The molecule has 0 amide bonds. The maximum absolute atomic E-state index is 13.5. The van der Waals surface area contributed by atoms with E-state index in [0.717, 1.165) is 11.3 Å². The SMILES string of the molecule is Fc1cccc(-c2nnc3n2N=C(c2ccc(Cl)cc2)CS3)c1. The van der Waals surface area contributed by atoms with Crippen molar-refractivity contribution < 1.29 is 4.39 Å². The minimum Gasteiger partial charge on any atom is -0.207 e. The summed E-state index contributed by atoms with van der Waals surface area (Å²) in [7, 11) is 0. The van der Waals surface area contributed by atoms with Crippen LogP contribution in [-0.2, 0) is 0 Å². The number of rotatable bonds is 2. The van der Waals surface area contributed by atoms with Crippen LogP contribution in [0.3, 0.4) is 0 Å². The van der Waals surface area contributed by atoms with E-state index < -0.39 is 0 Å². The van der Waals surface area contributed by atoms with Crippen molar-refractivity contribution in [2.24, 2.45) is 5.10 Å². The minimum absolute atomic E-state index is 0.315. The number of benzene rings is 2. The van der Waals surface area contributed by atoms with Crippen LogP contribution in [0.15, 0.2) is 58.8 Å². The Hall–Kier alpha value is -2.18. The van der Waals surface area contributed by atoms with Gasteiger partial charge >= 0.3 is 0 Å². The van der Waals surface area contributed by atoms with Crippen LogP contribution in [0, 0.1) is 5.82 Å². The molecule has 2 heterocycles. The molecule has 114 valence electrons. The standard InChI is InChI=1S/C16H10ClFN4S/c17-12-6-4-10(5-7-12)14-9-23-16-20-19-15(22(16)21-14)11-2-1-3-13(18)8-11/h1-8H,9H2. The lowest BCUT2D eigenvalue weighted by Gasteiger charge is -2.14. The predicted molar refractivity (Wildman–Crippen MR) is 89.5 cm³/mol. The van der Waals surface area contributed by atoms with Gasteiger partial charge in [-0.1, -0.05) is 47.6 Å². The first-order chi connectivity index (χ1) is 11.2. The first-order valence-corrected chi connectivity index (χ1v) is 8.25. The molecule has 0 saturated heterocycles. The minimum atomic E-state index is -0.315. The Labute approximate surface area is 141 Å². The van der Waals surface area contributed by atoms with Gasteiger partial charge in [-0.3, -0.25) is 0 Å². The fraction of sp³-hybridized carbons (Fsp3) is 0.0625. The van der Waals surface area contributed by atoms with Crippen molar-refractivity contribution in [3.63, 3.8) is 0 Å². The van der Waals surface area contributed by atoms with E-state index in [4.69, 9.17) is 11.6 Å². The number of thioether (sulfide) groups is 1. The molecule has 0 aliphatic carbocycles. The van der Waals surface area contributed by atoms with Crippen LogP contribution in [0.25, 0.3) is 11.4 Å². The van der Waals surface area contributed by atoms with Crippen molar-refractivity contribution in [3.05, 3.63) is 64.9 Å². The lowest BCUT2D eigenvalue weighted by molar-refractivity contribution is 0.628. The maximum atomic E-state index is 13.5. The molecule has 23 heavy (non-hydrogen) atoms. The van der Waals surface area contributed by atoms with Crippen molar-refractivity contribution in [2.45, 2.75) is 5.16 Å². The lowest BCUT2D eigenvalue weighted by atomic mass is 10.1. The molecule has 0 radical (unpaired) electrons. The van der Waals surface area contributed by atoms with E-state index in [2.05, 4.69) is 15.3 Å². The molecule has 0 bridgehead atoms. The molecule has 0 atom stereocenters. The number of aromatic nitrogens is 3. The molecule has 1 aromatic heterocycles. The first-order valence-electron chi connectivity index (χ1n) is 6.89. The van der Waals surface area contributed by atoms with Crippen molar-refractivity contribution in [2.75, 3.05) is 5.75 Å². The average Bonchev–Trinajstić information content (AvgIpc) is 2.98. The van der Waals surface area contributed by atoms with E-state index in [-0.39, 0.29) is 5.82 Å². The number of hydrogen-bond donors (Lipinski definition) is 0. The van der Waals surface area contributed by atoms with Gasteiger partial charge in [0.1, 0.15) is 5.82 Å². The van der Waals surface area contributed by atoms with Crippen LogP contribution in [0.4, 0.5) is 4.39 Å². The van der Waals surface area contributed by atoms with E-state index >= 15 is 0 Å². The van der Waals surface area contributed by atoms with Crippen molar-refractivity contribution in [1.29, 1.82) is 0 Å². The quantitative estimate of drug-likeness (QED) is 0.703. The van der Waals surface area contributed by atoms with E-state index in [1.165, 1.54) is 12.1 Å². The Balaban J connectivity index is 1.79. The van der Waals surface area contributed by atoms with E-state index in [1.807, 2.05) is 24.3 Å². The zero-order valence-corrected chi connectivity index (χ0v) is 13.4. The Kier molecular flexibility index (Phi) is 3.63. The molecule has 7 heteroatoms. The van der Waals surface area contributed by atoms with Crippen LogP contribution in [0.1, 0.15) is 5.56 Å². The molecule has 0 saturated carbocycles. The van der Waals surface area contributed by atoms with Gasteiger partial charge in [-0.15, -0.1) is 10.2 Å². The molecule has 0 fully saturated rings. The highest BCUT2D eigenvalue weighted by Gasteiger charge is 2.20. The molecular formula is C16H10ClFN4S. The Morgan fingerprint density at radius 2 is 1.87 bits per heavy atom. The topological polar surface area (TPSA) is 43.1 Å². The summed E-state index contributed by atoms with van der Waals surface area (Å²) in [5.41, 5.74) is 2.54. The van der Waals surface area contributed by atoms with Crippen molar-refractivity contribution >= 4 is 29.1 Å². The number of halogens is 2. The van der Waals surface area contributed by atoms with Crippen LogP contribution in [0.5, 0.6) is 0 Å². The summed E-state index contributed by atoms with van der Waals surface area (Å²) in [4.78, 5) is 0. The normalized spacial score (nSPS) is 13.6. The second kappa shape index (κ2) is 5.79. The molecule has 2 aromatic carbocycles. The van der Waals surface area contributed by atoms with Crippen LogP contribution >= 0.6 is 23.4 Å². The summed E-state index contributed by atoms with van der Waals surface area (Å²) in [6.07, 6.45) is 0. The Bertz CT molecular complexity index is 905. The van der Waals surface area contributed by atoms with Gasteiger partial charge in [-0.2, -0.15) is 9.78 Å². The molecule has 4 nitrogen and oxygen atoms in total. The zero-order valence-electron chi connectivity index (χ0n) is 11.8. The average molecular weight is 345 g/mol. The second-order valence-electron chi connectivity index (χ2n) is 4.97. The molecular weight excluding hydrogens is 335 g/mol. The number of fused-ring (bicyclic) bond motifs is 1. The number of nitrogens with zero attached hydrogens (tertiary/aromatic N) is 4. The van der Waals surface area contributed by atoms with Gasteiger partial charge in [-0.05, 0) is 29.8 Å². The molecule has 4 rings (SSSR count). The highest BCUT2D eigenvalue weighted by Crippen LogP contribution is 2.28. The molecule has 3 aromatic rings. The van der Waals surface area contributed by atoms with Gasteiger partial charge < -0.3 is 0 Å². The van der Waals surface area contributed by atoms with Crippen LogP contribution in [0.2, 0.25) is 5.02 Å². The van der Waals surface area contributed by atoms with Gasteiger partial charge in [0, 0.05) is 16.3 Å². The Morgan fingerprint density at radius 3 is 2.65 bits per heavy atom. The second-order valence-corrected chi connectivity index (χ2v) is 6.35. The third-order valence-corrected chi connectivity index (χ3v) is 4.61. The molecule has 1 aliphatic heterocycles. The summed E-state index contributed by atoms with van der Waals surface area (Å²) < 4.78 is 15.1. The molecule has 0 N–H and O–H groups in total. The third-order valence-electron chi connectivity index (χ3n) is 3.43. The highest BCUT2D eigenvalue weighted by molar-refractivity contribution is 7.99. The van der Waals surface area contributed by atoms with Crippen LogP contribution < -0.4 is 0 Å². The zero-order chi connectivity index (χ0) is 15.8. The maximum Gasteiger partial charge on any atom is 0.212 e. The largest absolute Gasteiger partial charge is 0.212 e. The lowest BCUT2D eigenvalue weighted by Crippen LogP contribution is -2.13.